The Bertz CT molecular complexity index is 615. The molecule has 4 nitrogen and oxygen atoms in total. The summed E-state index contributed by atoms with van der Waals surface area (Å²) in [5.74, 6) is 1.94. The third-order valence-corrected chi connectivity index (χ3v) is 2.65. The van der Waals surface area contributed by atoms with Crippen LogP contribution in [0.4, 0.5) is 5.69 Å². The number of anilines is 1. The Morgan fingerprint density at radius 1 is 1.10 bits per heavy atom. The molecule has 2 N–H and O–H groups in total. The average molecular weight is 268 g/mol. The van der Waals surface area contributed by atoms with Crippen molar-refractivity contribution in [2.75, 3.05) is 12.3 Å². The van der Waals surface area contributed by atoms with E-state index in [1.807, 2.05) is 24.3 Å². The van der Waals surface area contributed by atoms with Gasteiger partial charge in [-0.05, 0) is 48.9 Å². The van der Waals surface area contributed by atoms with Gasteiger partial charge in [-0.25, -0.2) is 0 Å². The molecule has 2 aromatic carbocycles. The summed E-state index contributed by atoms with van der Waals surface area (Å²) >= 11 is 0. The summed E-state index contributed by atoms with van der Waals surface area (Å²) < 4.78 is 11.2. The lowest BCUT2D eigenvalue weighted by Gasteiger charge is -2.09. The van der Waals surface area contributed by atoms with Crippen LogP contribution in [0.15, 0.2) is 42.5 Å². The van der Waals surface area contributed by atoms with Gasteiger partial charge in [0, 0.05) is 5.69 Å². The minimum Gasteiger partial charge on any atom is -0.494 e. The van der Waals surface area contributed by atoms with Gasteiger partial charge in [0.25, 0.3) is 0 Å². The second kappa shape index (κ2) is 6.48. The Morgan fingerprint density at radius 2 is 1.80 bits per heavy atom. The van der Waals surface area contributed by atoms with Gasteiger partial charge in [-0.3, -0.25) is 0 Å². The van der Waals surface area contributed by atoms with Crippen LogP contribution in [0, 0.1) is 11.3 Å². The van der Waals surface area contributed by atoms with Crippen LogP contribution in [0.3, 0.4) is 0 Å². The zero-order valence-corrected chi connectivity index (χ0v) is 11.3. The first-order valence-electron chi connectivity index (χ1n) is 6.43. The van der Waals surface area contributed by atoms with Crippen molar-refractivity contribution in [1.29, 1.82) is 5.26 Å². The van der Waals surface area contributed by atoms with Gasteiger partial charge >= 0.3 is 0 Å². The molecule has 20 heavy (non-hydrogen) atoms. The third-order valence-electron chi connectivity index (χ3n) is 2.65. The summed E-state index contributed by atoms with van der Waals surface area (Å²) in [7, 11) is 0. The highest BCUT2D eigenvalue weighted by atomic mass is 16.5. The molecule has 0 spiro atoms. The van der Waals surface area contributed by atoms with E-state index in [0.29, 0.717) is 29.4 Å². The Morgan fingerprint density at radius 3 is 2.45 bits per heavy atom. The number of nitriles is 1. The molecule has 0 aliphatic rings. The monoisotopic (exact) mass is 268 g/mol. The van der Waals surface area contributed by atoms with E-state index in [-0.39, 0.29) is 0 Å². The molecule has 0 saturated heterocycles. The van der Waals surface area contributed by atoms with Gasteiger partial charge in [-0.2, -0.15) is 5.26 Å². The molecular formula is C16H16N2O2. The summed E-state index contributed by atoms with van der Waals surface area (Å²) in [5, 5.41) is 9.06. The van der Waals surface area contributed by atoms with Crippen LogP contribution in [0.2, 0.25) is 0 Å². The van der Waals surface area contributed by atoms with Crippen molar-refractivity contribution in [3.05, 3.63) is 48.0 Å². The first kappa shape index (κ1) is 13.8. The maximum absolute atomic E-state index is 9.06. The fourth-order valence-corrected chi connectivity index (χ4v) is 1.67. The molecule has 0 unspecified atom stereocenters. The molecule has 0 atom stereocenters. The Labute approximate surface area is 118 Å². The van der Waals surface area contributed by atoms with E-state index >= 15 is 0 Å². The topological polar surface area (TPSA) is 68.3 Å². The Hall–Kier alpha value is -2.67. The van der Waals surface area contributed by atoms with E-state index in [9.17, 15) is 0 Å². The molecule has 0 bridgehead atoms. The van der Waals surface area contributed by atoms with Crippen molar-refractivity contribution in [1.82, 2.24) is 0 Å². The van der Waals surface area contributed by atoms with Crippen molar-refractivity contribution in [3.8, 4) is 23.3 Å². The third kappa shape index (κ3) is 3.42. The lowest BCUT2D eigenvalue weighted by atomic mass is 10.2. The molecule has 0 aromatic heterocycles. The molecule has 2 aromatic rings. The SMILES string of the molecule is CCCOc1ccc(Oc2ccc(N)cc2C#N)cc1. The largest absolute Gasteiger partial charge is 0.494 e. The lowest BCUT2D eigenvalue weighted by Crippen LogP contribution is -1.95. The first-order chi connectivity index (χ1) is 9.72. The van der Waals surface area contributed by atoms with Gasteiger partial charge in [0.2, 0.25) is 0 Å². The molecule has 102 valence electrons. The minimum atomic E-state index is 0.413. The molecule has 2 rings (SSSR count). The van der Waals surface area contributed by atoms with Crippen LogP contribution in [0.1, 0.15) is 18.9 Å². The molecule has 0 radical (unpaired) electrons. The fraction of sp³-hybridized carbons (Fsp3) is 0.188. The second-order valence-corrected chi connectivity index (χ2v) is 4.29. The first-order valence-corrected chi connectivity index (χ1v) is 6.43. The van der Waals surface area contributed by atoms with E-state index in [4.69, 9.17) is 20.5 Å². The maximum Gasteiger partial charge on any atom is 0.145 e. The summed E-state index contributed by atoms with van der Waals surface area (Å²) in [6, 6.07) is 14.4. The van der Waals surface area contributed by atoms with E-state index in [2.05, 4.69) is 13.0 Å². The molecule has 4 heteroatoms. The average Bonchev–Trinajstić information content (AvgIpc) is 2.48. The Kier molecular flexibility index (Phi) is 4.46. The van der Waals surface area contributed by atoms with Gasteiger partial charge in [0.15, 0.2) is 0 Å². The van der Waals surface area contributed by atoms with E-state index in [1.54, 1.807) is 18.2 Å². The zero-order chi connectivity index (χ0) is 14.4. The van der Waals surface area contributed by atoms with Crippen molar-refractivity contribution in [2.24, 2.45) is 0 Å². The van der Waals surface area contributed by atoms with Crippen molar-refractivity contribution in [2.45, 2.75) is 13.3 Å². The molecule has 0 aliphatic heterocycles. The number of benzene rings is 2. The van der Waals surface area contributed by atoms with E-state index < -0.39 is 0 Å². The van der Waals surface area contributed by atoms with Crippen molar-refractivity contribution < 1.29 is 9.47 Å². The molecule has 0 aliphatic carbocycles. The summed E-state index contributed by atoms with van der Waals surface area (Å²) in [4.78, 5) is 0. The van der Waals surface area contributed by atoms with Crippen molar-refractivity contribution >= 4 is 5.69 Å². The van der Waals surface area contributed by atoms with Crippen LogP contribution >= 0.6 is 0 Å². The molecule has 0 saturated carbocycles. The fourth-order valence-electron chi connectivity index (χ4n) is 1.67. The Balaban J connectivity index is 2.12. The van der Waals surface area contributed by atoms with Crippen molar-refractivity contribution in [3.63, 3.8) is 0 Å². The smallest absolute Gasteiger partial charge is 0.145 e. The van der Waals surface area contributed by atoms with Gasteiger partial charge in [0.05, 0.1) is 12.2 Å². The lowest BCUT2D eigenvalue weighted by molar-refractivity contribution is 0.317. The number of hydrogen-bond acceptors (Lipinski definition) is 4. The van der Waals surface area contributed by atoms with Gasteiger partial charge < -0.3 is 15.2 Å². The quantitative estimate of drug-likeness (QED) is 0.839. The number of nitrogens with zero attached hydrogens (tertiary/aromatic N) is 1. The van der Waals surface area contributed by atoms with Gasteiger partial charge in [-0.15, -0.1) is 0 Å². The van der Waals surface area contributed by atoms with E-state index in [0.717, 1.165) is 12.2 Å². The molecular weight excluding hydrogens is 252 g/mol. The van der Waals surface area contributed by atoms with Gasteiger partial charge in [0.1, 0.15) is 23.3 Å². The number of hydrogen-bond donors (Lipinski definition) is 1. The normalized spacial score (nSPS) is 9.80. The van der Waals surface area contributed by atoms with Crippen LogP contribution in [0.5, 0.6) is 17.2 Å². The molecule has 0 heterocycles. The summed E-state index contributed by atoms with van der Waals surface area (Å²) in [6.07, 6.45) is 0.967. The van der Waals surface area contributed by atoms with Gasteiger partial charge in [-0.1, -0.05) is 6.92 Å². The minimum absolute atomic E-state index is 0.413. The van der Waals surface area contributed by atoms with Crippen LogP contribution in [0.25, 0.3) is 0 Å². The predicted molar refractivity (Wildman–Crippen MR) is 77.9 cm³/mol. The molecule has 0 fully saturated rings. The van der Waals surface area contributed by atoms with E-state index in [1.165, 1.54) is 0 Å². The molecule has 0 amide bonds. The number of nitrogens with two attached hydrogens (primary N) is 1. The highest BCUT2D eigenvalue weighted by Gasteiger charge is 2.05. The van der Waals surface area contributed by atoms with Crippen LogP contribution in [-0.4, -0.2) is 6.61 Å². The maximum atomic E-state index is 9.06. The number of nitrogen functional groups attached to an aromatic ring is 1. The van der Waals surface area contributed by atoms with Crippen LogP contribution in [-0.2, 0) is 0 Å². The highest BCUT2D eigenvalue weighted by molar-refractivity contribution is 5.54. The summed E-state index contributed by atoms with van der Waals surface area (Å²) in [6.45, 7) is 2.75. The number of rotatable bonds is 5. The number of ether oxygens (including phenoxy) is 2. The predicted octanol–water partition coefficient (Wildman–Crippen LogP) is 3.72. The summed E-state index contributed by atoms with van der Waals surface area (Å²) in [5.41, 5.74) is 6.59. The van der Waals surface area contributed by atoms with Crippen LogP contribution < -0.4 is 15.2 Å². The highest BCUT2D eigenvalue weighted by Crippen LogP contribution is 2.27. The second-order valence-electron chi connectivity index (χ2n) is 4.29. The zero-order valence-electron chi connectivity index (χ0n) is 11.3. The standard InChI is InChI=1S/C16H16N2O2/c1-2-9-19-14-4-6-15(7-5-14)20-16-8-3-13(18)10-12(16)11-17/h3-8,10H,2,9,18H2,1H3.